The number of hydrogen-bond acceptors (Lipinski definition) is 5. The van der Waals surface area contributed by atoms with Gasteiger partial charge in [0, 0.05) is 6.54 Å². The van der Waals surface area contributed by atoms with Gasteiger partial charge in [-0.2, -0.15) is 8.75 Å². The Kier molecular flexibility index (Phi) is 3.90. The van der Waals surface area contributed by atoms with E-state index >= 15 is 0 Å². The first kappa shape index (κ1) is 14.0. The highest BCUT2D eigenvalue weighted by Gasteiger charge is 2.10. The molecule has 0 amide bonds. The van der Waals surface area contributed by atoms with Crippen molar-refractivity contribution in [2.75, 3.05) is 12.4 Å². The molecular formula is C14H11ClFN3OS. The first-order valence-electron chi connectivity index (χ1n) is 6.16. The number of nitrogens with zero attached hydrogens (tertiary/aromatic N) is 2. The normalized spacial score (nSPS) is 10.8. The van der Waals surface area contributed by atoms with Crippen LogP contribution >= 0.6 is 23.3 Å². The second-order valence-corrected chi connectivity index (χ2v) is 5.31. The van der Waals surface area contributed by atoms with Gasteiger partial charge in [0.2, 0.25) is 0 Å². The number of halogens is 2. The van der Waals surface area contributed by atoms with Crippen molar-refractivity contribution in [2.24, 2.45) is 0 Å². The predicted octanol–water partition coefficient (Wildman–Crippen LogP) is 4.10. The Morgan fingerprint density at radius 3 is 2.90 bits per heavy atom. The molecule has 3 aromatic rings. The van der Waals surface area contributed by atoms with Crippen molar-refractivity contribution in [3.05, 3.63) is 46.7 Å². The number of anilines is 1. The first-order chi connectivity index (χ1) is 10.2. The lowest BCUT2D eigenvalue weighted by atomic mass is 10.2. The topological polar surface area (TPSA) is 47.0 Å². The van der Waals surface area contributed by atoms with Crippen LogP contribution in [0.3, 0.4) is 0 Å². The second-order valence-electron chi connectivity index (χ2n) is 4.38. The van der Waals surface area contributed by atoms with Crippen molar-refractivity contribution >= 4 is 40.0 Å². The molecule has 0 aliphatic heterocycles. The summed E-state index contributed by atoms with van der Waals surface area (Å²) in [5.74, 6) is -0.168. The quantitative estimate of drug-likeness (QED) is 0.785. The molecule has 21 heavy (non-hydrogen) atoms. The summed E-state index contributed by atoms with van der Waals surface area (Å²) in [6.07, 6.45) is 0. The highest BCUT2D eigenvalue weighted by atomic mass is 35.5. The third-order valence-corrected chi connectivity index (χ3v) is 3.92. The van der Waals surface area contributed by atoms with Crippen molar-refractivity contribution < 1.29 is 9.13 Å². The van der Waals surface area contributed by atoms with Crippen LogP contribution in [-0.4, -0.2) is 15.9 Å². The van der Waals surface area contributed by atoms with Crippen LogP contribution < -0.4 is 10.1 Å². The lowest BCUT2D eigenvalue weighted by Crippen LogP contribution is -2.01. The minimum absolute atomic E-state index is 0.225. The largest absolute Gasteiger partial charge is 0.494 e. The molecule has 1 aromatic heterocycles. The molecule has 0 unspecified atom stereocenters. The zero-order chi connectivity index (χ0) is 14.8. The third kappa shape index (κ3) is 2.77. The molecule has 7 heteroatoms. The number of fused-ring (bicyclic) bond motifs is 1. The molecule has 3 rings (SSSR count). The Morgan fingerprint density at radius 2 is 2.14 bits per heavy atom. The molecule has 1 N–H and O–H groups in total. The summed E-state index contributed by atoms with van der Waals surface area (Å²) >= 11 is 7.32. The van der Waals surface area contributed by atoms with E-state index in [0.29, 0.717) is 17.3 Å². The van der Waals surface area contributed by atoms with Crippen LogP contribution in [-0.2, 0) is 6.54 Å². The van der Waals surface area contributed by atoms with Crippen molar-refractivity contribution in [3.8, 4) is 5.75 Å². The summed E-state index contributed by atoms with van der Waals surface area (Å²) in [5.41, 5.74) is 3.00. The van der Waals surface area contributed by atoms with Crippen LogP contribution in [0.1, 0.15) is 5.56 Å². The molecule has 0 aliphatic rings. The first-order valence-corrected chi connectivity index (χ1v) is 7.27. The number of nitrogens with one attached hydrogen (secondary N) is 1. The van der Waals surface area contributed by atoms with Gasteiger partial charge in [-0.3, -0.25) is 0 Å². The van der Waals surface area contributed by atoms with E-state index in [0.717, 1.165) is 28.3 Å². The van der Waals surface area contributed by atoms with E-state index in [2.05, 4.69) is 14.1 Å². The van der Waals surface area contributed by atoms with E-state index in [9.17, 15) is 4.39 Å². The Labute approximate surface area is 129 Å². The molecule has 0 aliphatic carbocycles. The number of rotatable bonds is 4. The van der Waals surface area contributed by atoms with Crippen LogP contribution in [0.4, 0.5) is 10.1 Å². The monoisotopic (exact) mass is 323 g/mol. The molecule has 0 saturated heterocycles. The summed E-state index contributed by atoms with van der Waals surface area (Å²) in [6.45, 7) is 0.428. The van der Waals surface area contributed by atoms with E-state index in [1.807, 2.05) is 6.07 Å². The summed E-state index contributed by atoms with van der Waals surface area (Å²) < 4.78 is 26.9. The molecule has 0 radical (unpaired) electrons. The van der Waals surface area contributed by atoms with Gasteiger partial charge in [0.05, 0.1) is 29.5 Å². The van der Waals surface area contributed by atoms with Gasteiger partial charge in [-0.1, -0.05) is 17.7 Å². The molecule has 0 spiro atoms. The molecule has 108 valence electrons. The Balaban J connectivity index is 1.85. The molecule has 1 heterocycles. The minimum atomic E-state index is -0.392. The zero-order valence-corrected chi connectivity index (χ0v) is 12.6. The molecule has 0 fully saturated rings. The van der Waals surface area contributed by atoms with Gasteiger partial charge in [0.1, 0.15) is 11.0 Å². The third-order valence-electron chi connectivity index (χ3n) is 3.06. The zero-order valence-electron chi connectivity index (χ0n) is 11.1. The van der Waals surface area contributed by atoms with Crippen LogP contribution in [0.2, 0.25) is 5.02 Å². The van der Waals surface area contributed by atoms with Crippen LogP contribution in [0, 0.1) is 5.82 Å². The van der Waals surface area contributed by atoms with E-state index < -0.39 is 5.82 Å². The van der Waals surface area contributed by atoms with Crippen molar-refractivity contribution in [1.82, 2.24) is 8.75 Å². The molecule has 0 bridgehead atoms. The van der Waals surface area contributed by atoms with E-state index in [4.69, 9.17) is 16.3 Å². The fourth-order valence-electron chi connectivity index (χ4n) is 2.01. The molecule has 0 atom stereocenters. The lowest BCUT2D eigenvalue weighted by molar-refractivity contribution is 0.386. The maximum absolute atomic E-state index is 13.7. The smallest absolute Gasteiger partial charge is 0.165 e. The highest BCUT2D eigenvalue weighted by Crippen LogP contribution is 2.30. The SMILES string of the molecule is COc1ccc(CNc2c(Cl)ccc3nsnc23)cc1F. The molecule has 4 nitrogen and oxygen atoms in total. The fourth-order valence-corrected chi connectivity index (χ4v) is 2.77. The number of benzene rings is 2. The van der Waals surface area contributed by atoms with Crippen molar-refractivity contribution in [3.63, 3.8) is 0 Å². The Bertz CT molecular complexity index is 793. The van der Waals surface area contributed by atoms with Gasteiger partial charge in [-0.15, -0.1) is 0 Å². The number of aromatic nitrogens is 2. The number of methoxy groups -OCH3 is 1. The Hall–Kier alpha value is -1.92. The number of hydrogen-bond donors (Lipinski definition) is 1. The van der Waals surface area contributed by atoms with Crippen LogP contribution in [0.5, 0.6) is 5.75 Å². The Morgan fingerprint density at radius 1 is 1.29 bits per heavy atom. The summed E-state index contributed by atoms with van der Waals surface area (Å²) in [6, 6.07) is 8.40. The summed E-state index contributed by atoms with van der Waals surface area (Å²) in [4.78, 5) is 0. The van der Waals surface area contributed by atoms with Gasteiger partial charge in [0.25, 0.3) is 0 Å². The standard InChI is InChI=1S/C14H11ClFN3OS/c1-20-12-5-2-8(6-10(12)16)7-17-13-9(15)3-4-11-14(13)19-21-18-11/h2-6,17H,7H2,1H3. The van der Waals surface area contributed by atoms with Gasteiger partial charge in [-0.25, -0.2) is 4.39 Å². The average Bonchev–Trinajstić information content (AvgIpc) is 2.95. The predicted molar refractivity (Wildman–Crippen MR) is 82.7 cm³/mol. The lowest BCUT2D eigenvalue weighted by Gasteiger charge is -2.10. The van der Waals surface area contributed by atoms with Gasteiger partial charge in [-0.05, 0) is 29.8 Å². The second kappa shape index (κ2) is 5.83. The van der Waals surface area contributed by atoms with Crippen molar-refractivity contribution in [1.29, 1.82) is 0 Å². The van der Waals surface area contributed by atoms with E-state index in [-0.39, 0.29) is 5.75 Å². The summed E-state index contributed by atoms with van der Waals surface area (Å²) in [7, 11) is 1.44. The maximum Gasteiger partial charge on any atom is 0.165 e. The van der Waals surface area contributed by atoms with Crippen LogP contribution in [0.15, 0.2) is 30.3 Å². The molecular weight excluding hydrogens is 313 g/mol. The van der Waals surface area contributed by atoms with Crippen LogP contribution in [0.25, 0.3) is 11.0 Å². The van der Waals surface area contributed by atoms with E-state index in [1.54, 1.807) is 18.2 Å². The minimum Gasteiger partial charge on any atom is -0.494 e. The van der Waals surface area contributed by atoms with Gasteiger partial charge in [0.15, 0.2) is 11.6 Å². The van der Waals surface area contributed by atoms with E-state index in [1.165, 1.54) is 13.2 Å². The maximum atomic E-state index is 13.7. The highest BCUT2D eigenvalue weighted by molar-refractivity contribution is 7.00. The van der Waals surface area contributed by atoms with Crippen molar-refractivity contribution in [2.45, 2.75) is 6.54 Å². The average molecular weight is 324 g/mol. The molecule has 0 saturated carbocycles. The number of ether oxygens (including phenoxy) is 1. The summed E-state index contributed by atoms with van der Waals surface area (Å²) in [5, 5.41) is 3.75. The van der Waals surface area contributed by atoms with Gasteiger partial charge < -0.3 is 10.1 Å². The molecule has 2 aromatic carbocycles. The fraction of sp³-hybridized carbons (Fsp3) is 0.143. The van der Waals surface area contributed by atoms with Gasteiger partial charge >= 0.3 is 0 Å².